The Kier molecular flexibility index (Phi) is 5.35. The lowest BCUT2D eigenvalue weighted by Gasteiger charge is -2.12. The average Bonchev–Trinajstić information content (AvgIpc) is 3.08. The van der Waals surface area contributed by atoms with Crippen LogP contribution in [0.25, 0.3) is 0 Å². The van der Waals surface area contributed by atoms with Crippen molar-refractivity contribution in [1.29, 1.82) is 0 Å². The van der Waals surface area contributed by atoms with Gasteiger partial charge in [0, 0.05) is 6.54 Å². The quantitative estimate of drug-likeness (QED) is 0.803. The number of fused-ring (bicyclic) bond motifs is 1. The van der Waals surface area contributed by atoms with E-state index in [-0.39, 0.29) is 31.6 Å². The number of rotatable bonds is 7. The minimum atomic E-state index is -0.748. The zero-order chi connectivity index (χ0) is 17.6. The van der Waals surface area contributed by atoms with Crippen LogP contribution in [-0.2, 0) is 4.79 Å². The van der Waals surface area contributed by atoms with Crippen LogP contribution in [0.1, 0.15) is 18.1 Å². The molecule has 0 aromatic heterocycles. The summed E-state index contributed by atoms with van der Waals surface area (Å²) in [6.07, 6.45) is -0.423. The van der Waals surface area contributed by atoms with Crippen molar-refractivity contribution in [2.75, 3.05) is 19.9 Å². The molecule has 6 nitrogen and oxygen atoms in total. The van der Waals surface area contributed by atoms with Crippen molar-refractivity contribution < 1.29 is 28.5 Å². The van der Waals surface area contributed by atoms with Gasteiger partial charge in [-0.15, -0.1) is 0 Å². The second-order valence-corrected chi connectivity index (χ2v) is 5.49. The Balaban J connectivity index is 1.41. The zero-order valence-electron chi connectivity index (χ0n) is 13.4. The van der Waals surface area contributed by atoms with Crippen LogP contribution in [0.3, 0.4) is 0 Å². The molecule has 0 bridgehead atoms. The molecule has 1 amide bonds. The van der Waals surface area contributed by atoms with Crippen LogP contribution >= 0.6 is 0 Å². The molecule has 7 heteroatoms. The average molecular weight is 347 g/mol. The van der Waals surface area contributed by atoms with E-state index in [0.717, 1.165) is 0 Å². The van der Waals surface area contributed by atoms with Gasteiger partial charge < -0.3 is 24.6 Å². The molecule has 0 aliphatic carbocycles. The number of carbonyl (C=O) groups is 1. The van der Waals surface area contributed by atoms with Crippen molar-refractivity contribution in [2.45, 2.75) is 12.5 Å². The van der Waals surface area contributed by atoms with E-state index in [2.05, 4.69) is 5.32 Å². The summed E-state index contributed by atoms with van der Waals surface area (Å²) in [7, 11) is 0. The summed E-state index contributed by atoms with van der Waals surface area (Å²) in [6, 6.07) is 11.1. The SMILES string of the molecule is O=C(COc1ccccc1F)NCC[C@H](O)c1ccc2c(c1)OCO2. The fourth-order valence-corrected chi connectivity index (χ4v) is 2.39. The van der Waals surface area contributed by atoms with E-state index < -0.39 is 11.9 Å². The van der Waals surface area contributed by atoms with Gasteiger partial charge in [0.15, 0.2) is 29.7 Å². The van der Waals surface area contributed by atoms with E-state index in [1.54, 1.807) is 30.3 Å². The molecule has 2 aromatic rings. The van der Waals surface area contributed by atoms with Gasteiger partial charge in [0.2, 0.25) is 6.79 Å². The molecule has 1 atom stereocenters. The van der Waals surface area contributed by atoms with E-state index in [0.29, 0.717) is 23.5 Å². The predicted octanol–water partition coefficient (Wildman–Crippen LogP) is 2.17. The van der Waals surface area contributed by atoms with Crippen LogP contribution < -0.4 is 19.5 Å². The van der Waals surface area contributed by atoms with Crippen molar-refractivity contribution in [3.63, 3.8) is 0 Å². The summed E-state index contributed by atoms with van der Waals surface area (Å²) < 4.78 is 29.0. The summed E-state index contributed by atoms with van der Waals surface area (Å²) in [6.45, 7) is 0.142. The Bertz CT molecular complexity index is 752. The minimum absolute atomic E-state index is 0.0260. The van der Waals surface area contributed by atoms with Gasteiger partial charge in [0.05, 0.1) is 6.10 Å². The number of hydrogen-bond acceptors (Lipinski definition) is 5. The molecule has 3 rings (SSSR count). The Morgan fingerprint density at radius 3 is 2.88 bits per heavy atom. The highest BCUT2D eigenvalue weighted by Crippen LogP contribution is 2.34. The molecule has 0 saturated heterocycles. The molecule has 1 aliphatic rings. The van der Waals surface area contributed by atoms with Crippen LogP contribution in [0.15, 0.2) is 42.5 Å². The van der Waals surface area contributed by atoms with Crippen LogP contribution in [0.4, 0.5) is 4.39 Å². The normalized spacial score (nSPS) is 13.4. The number of ether oxygens (including phenoxy) is 3. The number of carbonyl (C=O) groups excluding carboxylic acids is 1. The molecule has 0 unspecified atom stereocenters. The second kappa shape index (κ2) is 7.85. The van der Waals surface area contributed by atoms with Gasteiger partial charge in [-0.2, -0.15) is 0 Å². The Morgan fingerprint density at radius 2 is 2.04 bits per heavy atom. The lowest BCUT2D eigenvalue weighted by molar-refractivity contribution is -0.123. The molecule has 2 N–H and O–H groups in total. The van der Waals surface area contributed by atoms with E-state index >= 15 is 0 Å². The number of halogens is 1. The maximum Gasteiger partial charge on any atom is 0.257 e. The van der Waals surface area contributed by atoms with Gasteiger partial charge in [0.25, 0.3) is 5.91 Å². The van der Waals surface area contributed by atoms with Crippen molar-refractivity contribution in [1.82, 2.24) is 5.32 Å². The van der Waals surface area contributed by atoms with E-state index in [1.165, 1.54) is 12.1 Å². The first-order valence-corrected chi connectivity index (χ1v) is 7.85. The molecule has 132 valence electrons. The van der Waals surface area contributed by atoms with E-state index in [4.69, 9.17) is 14.2 Å². The Hall–Kier alpha value is -2.80. The van der Waals surface area contributed by atoms with Crippen LogP contribution in [0.2, 0.25) is 0 Å². The van der Waals surface area contributed by atoms with Gasteiger partial charge in [-0.05, 0) is 36.2 Å². The third-order valence-electron chi connectivity index (χ3n) is 3.72. The summed E-state index contributed by atoms with van der Waals surface area (Å²) in [5, 5.41) is 12.8. The molecule has 1 heterocycles. The van der Waals surface area contributed by atoms with Crippen LogP contribution in [0, 0.1) is 5.82 Å². The van der Waals surface area contributed by atoms with Crippen LogP contribution in [-0.4, -0.2) is 31.0 Å². The fourth-order valence-electron chi connectivity index (χ4n) is 2.39. The highest BCUT2D eigenvalue weighted by molar-refractivity contribution is 5.77. The molecule has 2 aromatic carbocycles. The van der Waals surface area contributed by atoms with Crippen molar-refractivity contribution in [3.05, 3.63) is 53.8 Å². The molecule has 0 radical (unpaired) electrons. The molecule has 1 aliphatic heterocycles. The maximum absolute atomic E-state index is 13.4. The van der Waals surface area contributed by atoms with Gasteiger partial charge in [-0.1, -0.05) is 18.2 Å². The smallest absolute Gasteiger partial charge is 0.257 e. The van der Waals surface area contributed by atoms with Gasteiger partial charge in [-0.3, -0.25) is 4.79 Å². The number of aliphatic hydroxyl groups excluding tert-OH is 1. The molecule has 25 heavy (non-hydrogen) atoms. The van der Waals surface area contributed by atoms with E-state index in [9.17, 15) is 14.3 Å². The molecule has 0 spiro atoms. The predicted molar refractivity (Wildman–Crippen MR) is 87.0 cm³/mol. The Labute approximate surface area is 144 Å². The van der Waals surface area contributed by atoms with Crippen LogP contribution in [0.5, 0.6) is 17.2 Å². The monoisotopic (exact) mass is 347 g/mol. The largest absolute Gasteiger partial charge is 0.481 e. The highest BCUT2D eigenvalue weighted by atomic mass is 19.1. The molecule has 0 saturated carbocycles. The first kappa shape index (κ1) is 17.0. The first-order valence-electron chi connectivity index (χ1n) is 7.85. The lowest BCUT2D eigenvalue weighted by Crippen LogP contribution is -2.30. The standard InChI is InChI=1S/C18H18FNO5/c19-13-3-1-2-4-15(13)23-10-18(22)20-8-7-14(21)12-5-6-16-17(9-12)25-11-24-16/h1-6,9,14,21H,7-8,10-11H2,(H,20,22)/t14-/m0/s1. The summed E-state index contributed by atoms with van der Waals surface area (Å²) in [5.74, 6) is 0.362. The number of benzene rings is 2. The lowest BCUT2D eigenvalue weighted by atomic mass is 10.1. The molecule has 0 fully saturated rings. The van der Waals surface area contributed by atoms with Crippen molar-refractivity contribution in [3.8, 4) is 17.2 Å². The van der Waals surface area contributed by atoms with Gasteiger partial charge in [-0.25, -0.2) is 4.39 Å². The number of nitrogens with one attached hydrogen (secondary N) is 1. The number of amides is 1. The summed E-state index contributed by atoms with van der Waals surface area (Å²) in [4.78, 5) is 11.7. The van der Waals surface area contributed by atoms with Crippen molar-refractivity contribution in [2.24, 2.45) is 0 Å². The third kappa shape index (κ3) is 4.39. The van der Waals surface area contributed by atoms with E-state index in [1.807, 2.05) is 0 Å². The summed E-state index contributed by atoms with van der Waals surface area (Å²) in [5.41, 5.74) is 0.682. The minimum Gasteiger partial charge on any atom is -0.481 e. The second-order valence-electron chi connectivity index (χ2n) is 5.49. The number of para-hydroxylation sites is 1. The fraction of sp³-hybridized carbons (Fsp3) is 0.278. The van der Waals surface area contributed by atoms with Crippen molar-refractivity contribution >= 4 is 5.91 Å². The maximum atomic E-state index is 13.4. The first-order chi connectivity index (χ1) is 12.1. The summed E-state index contributed by atoms with van der Waals surface area (Å²) >= 11 is 0. The third-order valence-corrected chi connectivity index (χ3v) is 3.72. The molecular weight excluding hydrogens is 329 g/mol. The highest BCUT2D eigenvalue weighted by Gasteiger charge is 2.16. The number of aliphatic hydroxyl groups is 1. The topological polar surface area (TPSA) is 77.0 Å². The van der Waals surface area contributed by atoms with Gasteiger partial charge in [0.1, 0.15) is 0 Å². The Morgan fingerprint density at radius 1 is 1.24 bits per heavy atom. The molecular formula is C18H18FNO5. The van der Waals surface area contributed by atoms with Gasteiger partial charge >= 0.3 is 0 Å². The number of hydrogen-bond donors (Lipinski definition) is 2. The zero-order valence-corrected chi connectivity index (χ0v) is 13.4.